The van der Waals surface area contributed by atoms with Gasteiger partial charge in [0.2, 0.25) is 5.91 Å². The lowest BCUT2D eigenvalue weighted by Crippen LogP contribution is -2.34. The lowest BCUT2D eigenvalue weighted by atomic mass is 9.79. The van der Waals surface area contributed by atoms with Crippen LogP contribution in [0.25, 0.3) is 0 Å². The maximum Gasteiger partial charge on any atom is 0.220 e. The highest BCUT2D eigenvalue weighted by molar-refractivity contribution is 5.92. The molecule has 2 aliphatic carbocycles. The Balaban J connectivity index is 2.15. The highest BCUT2D eigenvalue weighted by atomic mass is 16.4. The fraction of sp³-hybridized carbons (Fsp3) is 0.778. The highest BCUT2D eigenvalue weighted by Crippen LogP contribution is 2.42. The van der Waals surface area contributed by atoms with Crippen molar-refractivity contribution in [2.45, 2.75) is 25.7 Å². The van der Waals surface area contributed by atoms with Crippen LogP contribution in [0.15, 0.2) is 5.16 Å². The maximum absolute atomic E-state index is 11.0. The van der Waals surface area contributed by atoms with Crippen LogP contribution in [0, 0.1) is 17.8 Å². The minimum atomic E-state index is -0.200. The van der Waals surface area contributed by atoms with Crippen LogP contribution < -0.4 is 5.73 Å². The van der Waals surface area contributed by atoms with Crippen molar-refractivity contribution in [3.8, 4) is 0 Å². The second kappa shape index (κ2) is 3.01. The number of carbonyl (C=O) groups is 1. The molecule has 2 rings (SSSR count). The summed E-state index contributed by atoms with van der Waals surface area (Å²) in [6.45, 7) is 0. The van der Waals surface area contributed by atoms with Gasteiger partial charge in [0.1, 0.15) is 0 Å². The number of amides is 1. The maximum atomic E-state index is 11.0. The number of nitrogens with two attached hydrogens (primary N) is 1. The molecule has 0 aromatic rings. The number of hydrogen-bond acceptors (Lipinski definition) is 3. The topological polar surface area (TPSA) is 75.7 Å². The Morgan fingerprint density at radius 1 is 1.38 bits per heavy atom. The Labute approximate surface area is 76.8 Å². The predicted molar refractivity (Wildman–Crippen MR) is 47.4 cm³/mol. The Morgan fingerprint density at radius 2 is 1.92 bits per heavy atom. The van der Waals surface area contributed by atoms with Crippen LogP contribution >= 0.6 is 0 Å². The van der Waals surface area contributed by atoms with Crippen molar-refractivity contribution in [2.75, 3.05) is 0 Å². The first-order valence-corrected chi connectivity index (χ1v) is 4.73. The first kappa shape index (κ1) is 8.53. The fourth-order valence-corrected chi connectivity index (χ4v) is 2.69. The third-order valence-electron chi connectivity index (χ3n) is 3.36. The van der Waals surface area contributed by atoms with Crippen LogP contribution in [0.1, 0.15) is 25.7 Å². The number of oxime groups is 1. The molecule has 0 radical (unpaired) electrons. The van der Waals surface area contributed by atoms with E-state index in [-0.39, 0.29) is 11.8 Å². The van der Waals surface area contributed by atoms with Crippen molar-refractivity contribution in [1.82, 2.24) is 0 Å². The monoisotopic (exact) mass is 182 g/mol. The molecule has 2 atom stereocenters. The summed E-state index contributed by atoms with van der Waals surface area (Å²) in [7, 11) is 0. The molecule has 0 unspecified atom stereocenters. The zero-order chi connectivity index (χ0) is 9.42. The quantitative estimate of drug-likeness (QED) is 0.463. The standard InChI is InChI=1S/C9H14N2O2/c10-9(12)7-3-5-1-2-6(4-7)8(5)11-13/h5-7,13H,1-4H2,(H2,10,12)/t5-,6-,7?/m1/s1. The molecule has 4 nitrogen and oxygen atoms in total. The largest absolute Gasteiger partial charge is 0.411 e. The van der Waals surface area contributed by atoms with Gasteiger partial charge in [0.25, 0.3) is 0 Å². The lowest BCUT2D eigenvalue weighted by molar-refractivity contribution is -0.122. The van der Waals surface area contributed by atoms with Gasteiger partial charge in [-0.25, -0.2) is 0 Å². The minimum absolute atomic E-state index is 0.00278. The molecule has 0 spiro atoms. The molecule has 2 bridgehead atoms. The number of rotatable bonds is 1. The molecule has 0 aliphatic heterocycles. The van der Waals surface area contributed by atoms with Gasteiger partial charge < -0.3 is 10.9 Å². The van der Waals surface area contributed by atoms with E-state index >= 15 is 0 Å². The van der Waals surface area contributed by atoms with Gasteiger partial charge in [0.15, 0.2) is 0 Å². The molecular weight excluding hydrogens is 168 g/mol. The van der Waals surface area contributed by atoms with Crippen LogP contribution in [-0.4, -0.2) is 16.8 Å². The van der Waals surface area contributed by atoms with Crippen molar-refractivity contribution in [2.24, 2.45) is 28.6 Å². The van der Waals surface area contributed by atoms with Crippen LogP contribution in [-0.2, 0) is 4.79 Å². The second-order valence-corrected chi connectivity index (χ2v) is 4.07. The summed E-state index contributed by atoms with van der Waals surface area (Å²) in [5, 5.41) is 12.1. The summed E-state index contributed by atoms with van der Waals surface area (Å²) >= 11 is 0. The van der Waals surface area contributed by atoms with Crippen molar-refractivity contribution in [3.63, 3.8) is 0 Å². The van der Waals surface area contributed by atoms with Crippen LogP contribution in [0.5, 0.6) is 0 Å². The lowest BCUT2D eigenvalue weighted by Gasteiger charge is -2.26. The van der Waals surface area contributed by atoms with E-state index in [0.29, 0.717) is 11.8 Å². The van der Waals surface area contributed by atoms with Gasteiger partial charge in [-0.2, -0.15) is 0 Å². The van der Waals surface area contributed by atoms with Crippen molar-refractivity contribution >= 4 is 11.6 Å². The van der Waals surface area contributed by atoms with Gasteiger partial charge in [-0.3, -0.25) is 4.79 Å². The Morgan fingerprint density at radius 3 is 2.31 bits per heavy atom. The van der Waals surface area contributed by atoms with Gasteiger partial charge in [-0.05, 0) is 25.7 Å². The first-order valence-electron chi connectivity index (χ1n) is 4.73. The van der Waals surface area contributed by atoms with Crippen LogP contribution in [0.3, 0.4) is 0 Å². The summed E-state index contributed by atoms with van der Waals surface area (Å²) in [5.41, 5.74) is 6.17. The molecule has 2 saturated carbocycles. The van der Waals surface area contributed by atoms with Crippen LogP contribution in [0.2, 0.25) is 0 Å². The summed E-state index contributed by atoms with van der Waals surface area (Å²) in [6, 6.07) is 0. The van der Waals surface area contributed by atoms with Gasteiger partial charge >= 0.3 is 0 Å². The van der Waals surface area contributed by atoms with Crippen LogP contribution in [0.4, 0.5) is 0 Å². The van der Waals surface area contributed by atoms with Gasteiger partial charge in [0.05, 0.1) is 5.71 Å². The minimum Gasteiger partial charge on any atom is -0.411 e. The summed E-state index contributed by atoms with van der Waals surface area (Å²) in [6.07, 6.45) is 3.66. The average molecular weight is 182 g/mol. The van der Waals surface area contributed by atoms with Crippen molar-refractivity contribution in [3.05, 3.63) is 0 Å². The second-order valence-electron chi connectivity index (χ2n) is 4.07. The fourth-order valence-electron chi connectivity index (χ4n) is 2.69. The van der Waals surface area contributed by atoms with Crippen molar-refractivity contribution in [1.29, 1.82) is 0 Å². The highest BCUT2D eigenvalue weighted by Gasteiger charge is 2.41. The first-order chi connectivity index (χ1) is 6.22. The molecule has 72 valence electrons. The van der Waals surface area contributed by atoms with Gasteiger partial charge in [-0.15, -0.1) is 0 Å². The van der Waals surface area contributed by atoms with E-state index in [1.807, 2.05) is 0 Å². The molecule has 1 amide bonds. The zero-order valence-corrected chi connectivity index (χ0v) is 7.44. The number of nitrogens with zero attached hydrogens (tertiary/aromatic N) is 1. The Hall–Kier alpha value is -1.06. The summed E-state index contributed by atoms with van der Waals surface area (Å²) in [5.74, 6) is 0.416. The smallest absolute Gasteiger partial charge is 0.220 e. The molecule has 0 aromatic heterocycles. The third kappa shape index (κ3) is 1.30. The Bertz CT molecular complexity index is 246. The molecule has 0 saturated heterocycles. The molecule has 3 N–H and O–H groups in total. The van der Waals surface area contributed by atoms with E-state index in [1.165, 1.54) is 0 Å². The van der Waals surface area contributed by atoms with Gasteiger partial charge in [-0.1, -0.05) is 5.16 Å². The predicted octanol–water partition coefficient (Wildman–Crippen LogP) is 0.738. The van der Waals surface area contributed by atoms with E-state index in [1.54, 1.807) is 0 Å². The number of hydrogen-bond donors (Lipinski definition) is 2. The normalized spacial score (nSPS) is 37.5. The zero-order valence-electron chi connectivity index (χ0n) is 7.44. The molecule has 2 fully saturated rings. The molecule has 0 heterocycles. The SMILES string of the molecule is NC(=O)C1C[C@H]2CC[C@H](C1)C2=NO. The number of fused-ring (bicyclic) bond motifs is 2. The molecule has 0 aromatic carbocycles. The van der Waals surface area contributed by atoms with Gasteiger partial charge in [0, 0.05) is 17.8 Å². The Kier molecular flexibility index (Phi) is 1.98. The van der Waals surface area contributed by atoms with E-state index in [2.05, 4.69) is 5.16 Å². The summed E-state index contributed by atoms with van der Waals surface area (Å²) in [4.78, 5) is 11.0. The molecule has 2 aliphatic rings. The summed E-state index contributed by atoms with van der Waals surface area (Å²) < 4.78 is 0. The van der Waals surface area contributed by atoms with E-state index in [0.717, 1.165) is 31.4 Å². The third-order valence-corrected chi connectivity index (χ3v) is 3.36. The average Bonchev–Trinajstić information content (AvgIpc) is 2.34. The number of carbonyl (C=O) groups excluding carboxylic acids is 1. The molecule has 13 heavy (non-hydrogen) atoms. The van der Waals surface area contributed by atoms with E-state index in [9.17, 15) is 4.79 Å². The molecular formula is C9H14N2O2. The van der Waals surface area contributed by atoms with E-state index in [4.69, 9.17) is 10.9 Å². The number of primary amides is 1. The van der Waals surface area contributed by atoms with Crippen molar-refractivity contribution < 1.29 is 10.0 Å². The van der Waals surface area contributed by atoms with E-state index < -0.39 is 0 Å². The molecule has 4 heteroatoms.